The first kappa shape index (κ1) is 15.6. The van der Waals surface area contributed by atoms with Crippen LogP contribution in [0.1, 0.15) is 29.7 Å². The molecule has 0 aliphatic carbocycles. The Morgan fingerprint density at radius 2 is 1.86 bits per heavy atom. The molecule has 0 spiro atoms. The maximum atomic E-state index is 11.7. The van der Waals surface area contributed by atoms with Crippen LogP contribution in [0, 0.1) is 0 Å². The van der Waals surface area contributed by atoms with E-state index in [0.29, 0.717) is 19.0 Å². The number of hydrogen-bond donors (Lipinski definition) is 2. The van der Waals surface area contributed by atoms with Crippen molar-refractivity contribution in [3.63, 3.8) is 0 Å². The topological polar surface area (TPSA) is 41.1 Å². The van der Waals surface area contributed by atoms with E-state index in [1.165, 1.54) is 10.4 Å². The van der Waals surface area contributed by atoms with Crippen molar-refractivity contribution in [1.82, 2.24) is 10.6 Å². The van der Waals surface area contributed by atoms with Gasteiger partial charge >= 0.3 is 6.03 Å². The van der Waals surface area contributed by atoms with Crippen LogP contribution in [0.4, 0.5) is 4.79 Å². The Balaban J connectivity index is 1.58. The van der Waals surface area contributed by atoms with Gasteiger partial charge in [0.1, 0.15) is 0 Å². The summed E-state index contributed by atoms with van der Waals surface area (Å²) < 4.78 is 0. The van der Waals surface area contributed by atoms with Crippen molar-refractivity contribution < 1.29 is 4.79 Å². The molecule has 0 bridgehead atoms. The molecule has 1 aromatic heterocycles. The van der Waals surface area contributed by atoms with E-state index in [1.54, 1.807) is 11.3 Å². The Labute approximate surface area is 130 Å². The van der Waals surface area contributed by atoms with E-state index in [4.69, 9.17) is 0 Å². The molecule has 4 heteroatoms. The lowest BCUT2D eigenvalue weighted by Gasteiger charge is -2.12. The van der Waals surface area contributed by atoms with Crippen LogP contribution >= 0.6 is 11.3 Å². The van der Waals surface area contributed by atoms with Crippen LogP contribution in [-0.4, -0.2) is 19.1 Å². The summed E-state index contributed by atoms with van der Waals surface area (Å²) in [4.78, 5) is 13.0. The molecule has 2 amide bonds. The van der Waals surface area contributed by atoms with E-state index < -0.39 is 0 Å². The Morgan fingerprint density at radius 3 is 2.57 bits per heavy atom. The van der Waals surface area contributed by atoms with E-state index in [1.807, 2.05) is 12.1 Å². The van der Waals surface area contributed by atoms with Crippen LogP contribution in [0.3, 0.4) is 0 Å². The summed E-state index contributed by atoms with van der Waals surface area (Å²) in [6, 6.07) is 14.4. The number of carbonyl (C=O) groups is 1. The number of thiophene rings is 1. The third kappa shape index (κ3) is 5.60. The zero-order chi connectivity index (χ0) is 14.9. The second-order valence-corrected chi connectivity index (χ2v) is 6.14. The molecule has 2 rings (SSSR count). The average molecular weight is 302 g/mol. The van der Waals surface area contributed by atoms with E-state index in [9.17, 15) is 4.79 Å². The van der Waals surface area contributed by atoms with Crippen molar-refractivity contribution in [1.29, 1.82) is 0 Å². The van der Waals surface area contributed by atoms with Gasteiger partial charge in [-0.3, -0.25) is 0 Å². The molecule has 0 saturated carbocycles. The van der Waals surface area contributed by atoms with Gasteiger partial charge in [0.05, 0.1) is 0 Å². The summed E-state index contributed by atoms with van der Waals surface area (Å²) in [6.45, 7) is 3.56. The van der Waals surface area contributed by atoms with Crippen LogP contribution in [0.2, 0.25) is 0 Å². The first-order valence-electron chi connectivity index (χ1n) is 7.34. The molecule has 2 aromatic rings. The van der Waals surface area contributed by atoms with Crippen molar-refractivity contribution in [3.8, 4) is 0 Å². The molecule has 21 heavy (non-hydrogen) atoms. The van der Waals surface area contributed by atoms with Gasteiger partial charge in [-0.05, 0) is 35.8 Å². The number of nitrogens with one attached hydrogen (secondary N) is 2. The van der Waals surface area contributed by atoms with Gasteiger partial charge in [0.25, 0.3) is 0 Å². The molecule has 1 atom stereocenters. The molecule has 112 valence electrons. The Morgan fingerprint density at radius 1 is 1.10 bits per heavy atom. The standard InChI is InChI=1S/C17H22N2OS/c1-14(15-6-3-2-4-7-15)9-11-18-17(20)19-12-10-16-8-5-13-21-16/h2-8,13-14H,9-12H2,1H3,(H2,18,19,20). The first-order valence-corrected chi connectivity index (χ1v) is 8.22. The summed E-state index contributed by atoms with van der Waals surface area (Å²) in [6.07, 6.45) is 1.84. The first-order chi connectivity index (χ1) is 10.3. The highest BCUT2D eigenvalue weighted by Crippen LogP contribution is 2.17. The Kier molecular flexibility index (Phi) is 6.28. The van der Waals surface area contributed by atoms with Gasteiger partial charge in [0.15, 0.2) is 0 Å². The predicted molar refractivity (Wildman–Crippen MR) is 88.9 cm³/mol. The van der Waals surface area contributed by atoms with Crippen molar-refractivity contribution >= 4 is 17.4 Å². The van der Waals surface area contributed by atoms with Gasteiger partial charge in [-0.1, -0.05) is 43.3 Å². The molecular weight excluding hydrogens is 280 g/mol. The quantitative estimate of drug-likeness (QED) is 0.803. The van der Waals surface area contributed by atoms with Gasteiger partial charge in [0.2, 0.25) is 0 Å². The minimum absolute atomic E-state index is 0.0770. The van der Waals surface area contributed by atoms with Gasteiger partial charge in [-0.2, -0.15) is 0 Å². The molecule has 1 aromatic carbocycles. The molecule has 0 saturated heterocycles. The number of benzene rings is 1. The summed E-state index contributed by atoms with van der Waals surface area (Å²) in [5, 5.41) is 7.86. The second-order valence-electron chi connectivity index (χ2n) is 5.11. The average Bonchev–Trinajstić information content (AvgIpc) is 3.01. The fourth-order valence-corrected chi connectivity index (χ4v) is 2.88. The van der Waals surface area contributed by atoms with Crippen molar-refractivity contribution in [2.45, 2.75) is 25.7 Å². The zero-order valence-corrected chi connectivity index (χ0v) is 13.2. The number of urea groups is 1. The smallest absolute Gasteiger partial charge is 0.314 e. The molecule has 0 aliphatic rings. The monoisotopic (exact) mass is 302 g/mol. The molecule has 3 nitrogen and oxygen atoms in total. The van der Waals surface area contributed by atoms with Gasteiger partial charge in [0, 0.05) is 18.0 Å². The van der Waals surface area contributed by atoms with E-state index in [2.05, 4.69) is 53.3 Å². The zero-order valence-electron chi connectivity index (χ0n) is 12.3. The Hall–Kier alpha value is -1.81. The number of amides is 2. The van der Waals surface area contributed by atoms with Crippen molar-refractivity contribution in [3.05, 3.63) is 58.3 Å². The molecule has 0 fully saturated rings. The highest BCUT2D eigenvalue weighted by atomic mass is 32.1. The highest BCUT2D eigenvalue weighted by Gasteiger charge is 2.06. The van der Waals surface area contributed by atoms with E-state index >= 15 is 0 Å². The summed E-state index contributed by atoms with van der Waals surface area (Å²) >= 11 is 1.72. The van der Waals surface area contributed by atoms with Crippen LogP contribution in [0.25, 0.3) is 0 Å². The van der Waals surface area contributed by atoms with Crippen molar-refractivity contribution in [2.24, 2.45) is 0 Å². The third-order valence-corrected chi connectivity index (χ3v) is 4.40. The molecular formula is C17H22N2OS. The third-order valence-electron chi connectivity index (χ3n) is 3.47. The van der Waals surface area contributed by atoms with Crippen LogP contribution < -0.4 is 10.6 Å². The van der Waals surface area contributed by atoms with Gasteiger partial charge in [-0.25, -0.2) is 4.79 Å². The maximum Gasteiger partial charge on any atom is 0.314 e. The molecule has 0 aliphatic heterocycles. The van der Waals surface area contributed by atoms with Gasteiger partial charge < -0.3 is 10.6 Å². The van der Waals surface area contributed by atoms with E-state index in [-0.39, 0.29) is 6.03 Å². The lowest BCUT2D eigenvalue weighted by Crippen LogP contribution is -2.37. The number of rotatable bonds is 7. The van der Waals surface area contributed by atoms with E-state index in [0.717, 1.165) is 12.8 Å². The Bertz CT molecular complexity index is 525. The molecule has 1 unspecified atom stereocenters. The largest absolute Gasteiger partial charge is 0.338 e. The molecule has 1 heterocycles. The lowest BCUT2D eigenvalue weighted by atomic mass is 9.98. The molecule has 0 radical (unpaired) electrons. The van der Waals surface area contributed by atoms with Crippen LogP contribution in [0.15, 0.2) is 47.8 Å². The predicted octanol–water partition coefficient (Wildman–Crippen LogP) is 3.78. The summed E-state index contributed by atoms with van der Waals surface area (Å²) in [5.74, 6) is 0.456. The summed E-state index contributed by atoms with van der Waals surface area (Å²) in [5.41, 5.74) is 1.32. The minimum atomic E-state index is -0.0770. The lowest BCUT2D eigenvalue weighted by molar-refractivity contribution is 0.240. The maximum absolute atomic E-state index is 11.7. The highest BCUT2D eigenvalue weighted by molar-refractivity contribution is 7.09. The fraction of sp³-hybridized carbons (Fsp3) is 0.353. The fourth-order valence-electron chi connectivity index (χ4n) is 2.17. The normalized spacial score (nSPS) is 11.9. The second kappa shape index (κ2) is 8.47. The van der Waals surface area contributed by atoms with Crippen LogP contribution in [-0.2, 0) is 6.42 Å². The van der Waals surface area contributed by atoms with Gasteiger partial charge in [-0.15, -0.1) is 11.3 Å². The van der Waals surface area contributed by atoms with Crippen LogP contribution in [0.5, 0.6) is 0 Å². The van der Waals surface area contributed by atoms with Crippen molar-refractivity contribution in [2.75, 3.05) is 13.1 Å². The minimum Gasteiger partial charge on any atom is -0.338 e. The SMILES string of the molecule is CC(CCNC(=O)NCCc1cccs1)c1ccccc1. The number of hydrogen-bond acceptors (Lipinski definition) is 2. The number of carbonyl (C=O) groups excluding carboxylic acids is 1. The molecule has 2 N–H and O–H groups in total. The summed E-state index contributed by atoms with van der Waals surface area (Å²) in [7, 11) is 0.